The standard InChI is InChI=1S/C13H19N3O3S/c14-13(15-17)12-8-4-5-9-16(12)20(18,19)10-11-6-2-1-3-7-11/h1-3,6-7,12,17H,4-5,8-10H2,(H2,14,15). The highest BCUT2D eigenvalue weighted by Gasteiger charge is 2.34. The minimum Gasteiger partial charge on any atom is -0.409 e. The average molecular weight is 297 g/mol. The fourth-order valence-corrected chi connectivity index (χ4v) is 4.26. The van der Waals surface area contributed by atoms with E-state index >= 15 is 0 Å². The van der Waals surface area contributed by atoms with Gasteiger partial charge in [-0.05, 0) is 18.4 Å². The van der Waals surface area contributed by atoms with E-state index in [2.05, 4.69) is 5.16 Å². The van der Waals surface area contributed by atoms with Crippen LogP contribution in [-0.4, -0.2) is 36.4 Å². The molecule has 0 aliphatic carbocycles. The molecule has 0 bridgehead atoms. The molecule has 7 heteroatoms. The van der Waals surface area contributed by atoms with Crippen LogP contribution in [0.5, 0.6) is 0 Å². The smallest absolute Gasteiger partial charge is 0.218 e. The Kier molecular flexibility index (Phi) is 4.61. The second-order valence-corrected chi connectivity index (χ2v) is 6.81. The highest BCUT2D eigenvalue weighted by Crippen LogP contribution is 2.23. The number of rotatable bonds is 4. The second kappa shape index (κ2) is 6.23. The van der Waals surface area contributed by atoms with E-state index in [1.807, 2.05) is 18.2 Å². The van der Waals surface area contributed by atoms with Crippen molar-refractivity contribution in [3.05, 3.63) is 35.9 Å². The SMILES string of the molecule is NC(=NO)C1CCCCN1S(=O)(=O)Cc1ccccc1. The first-order valence-corrected chi connectivity index (χ1v) is 8.16. The maximum Gasteiger partial charge on any atom is 0.218 e. The third-order valence-corrected chi connectivity index (χ3v) is 5.31. The van der Waals surface area contributed by atoms with Gasteiger partial charge in [0.1, 0.15) is 0 Å². The summed E-state index contributed by atoms with van der Waals surface area (Å²) in [6.07, 6.45) is 2.26. The third kappa shape index (κ3) is 3.29. The van der Waals surface area contributed by atoms with E-state index in [0.29, 0.717) is 13.0 Å². The lowest BCUT2D eigenvalue weighted by Crippen LogP contribution is -2.50. The molecular weight excluding hydrogens is 278 g/mol. The number of nitrogens with zero attached hydrogens (tertiary/aromatic N) is 2. The number of piperidine rings is 1. The predicted octanol–water partition coefficient (Wildman–Crippen LogP) is 1.12. The molecule has 0 aromatic heterocycles. The molecule has 2 rings (SSSR count). The van der Waals surface area contributed by atoms with E-state index in [9.17, 15) is 8.42 Å². The van der Waals surface area contributed by atoms with Crippen molar-refractivity contribution < 1.29 is 13.6 Å². The molecule has 0 saturated carbocycles. The maximum atomic E-state index is 12.5. The van der Waals surface area contributed by atoms with Crippen LogP contribution in [0.1, 0.15) is 24.8 Å². The van der Waals surface area contributed by atoms with Crippen molar-refractivity contribution in [1.29, 1.82) is 0 Å². The molecule has 0 spiro atoms. The highest BCUT2D eigenvalue weighted by molar-refractivity contribution is 7.88. The maximum absolute atomic E-state index is 12.5. The van der Waals surface area contributed by atoms with Crippen LogP contribution in [0.2, 0.25) is 0 Å². The molecule has 0 radical (unpaired) electrons. The number of sulfonamides is 1. The molecule has 110 valence electrons. The van der Waals surface area contributed by atoms with Gasteiger partial charge in [0.25, 0.3) is 0 Å². The number of hydrogen-bond acceptors (Lipinski definition) is 4. The Labute approximate surface area is 118 Å². The summed E-state index contributed by atoms with van der Waals surface area (Å²) in [7, 11) is -3.48. The summed E-state index contributed by atoms with van der Waals surface area (Å²) in [5.41, 5.74) is 6.35. The Morgan fingerprint density at radius 2 is 2.05 bits per heavy atom. The molecule has 1 aromatic rings. The van der Waals surface area contributed by atoms with E-state index in [-0.39, 0.29) is 11.6 Å². The fourth-order valence-electron chi connectivity index (χ4n) is 2.47. The molecule has 1 aromatic carbocycles. The van der Waals surface area contributed by atoms with E-state index in [4.69, 9.17) is 10.9 Å². The lowest BCUT2D eigenvalue weighted by Gasteiger charge is -2.33. The third-order valence-electron chi connectivity index (χ3n) is 3.46. The summed E-state index contributed by atoms with van der Waals surface area (Å²) in [4.78, 5) is 0. The predicted molar refractivity (Wildman–Crippen MR) is 76.8 cm³/mol. The van der Waals surface area contributed by atoms with E-state index in [1.165, 1.54) is 4.31 Å². The zero-order valence-corrected chi connectivity index (χ0v) is 12.0. The molecular formula is C13H19N3O3S. The number of oxime groups is 1. The van der Waals surface area contributed by atoms with Crippen molar-refractivity contribution in [3.63, 3.8) is 0 Å². The highest BCUT2D eigenvalue weighted by atomic mass is 32.2. The van der Waals surface area contributed by atoms with Gasteiger partial charge < -0.3 is 10.9 Å². The molecule has 0 amide bonds. The van der Waals surface area contributed by atoms with Crippen molar-refractivity contribution in [2.75, 3.05) is 6.54 Å². The van der Waals surface area contributed by atoms with Gasteiger partial charge in [-0.3, -0.25) is 0 Å². The Bertz CT molecular complexity index is 572. The monoisotopic (exact) mass is 297 g/mol. The van der Waals surface area contributed by atoms with Crippen LogP contribution < -0.4 is 5.73 Å². The minimum atomic E-state index is -3.48. The summed E-state index contributed by atoms with van der Waals surface area (Å²) >= 11 is 0. The van der Waals surface area contributed by atoms with Crippen molar-refractivity contribution in [3.8, 4) is 0 Å². The molecule has 1 heterocycles. The molecule has 20 heavy (non-hydrogen) atoms. The van der Waals surface area contributed by atoms with Crippen molar-refractivity contribution >= 4 is 15.9 Å². The van der Waals surface area contributed by atoms with Gasteiger partial charge in [-0.2, -0.15) is 4.31 Å². The van der Waals surface area contributed by atoms with Crippen LogP contribution in [0, 0.1) is 0 Å². The molecule has 1 aliphatic heterocycles. The van der Waals surface area contributed by atoms with Crippen LogP contribution in [-0.2, 0) is 15.8 Å². The Balaban J connectivity index is 2.22. The summed E-state index contributed by atoms with van der Waals surface area (Å²) in [6.45, 7) is 0.413. The molecule has 1 unspecified atom stereocenters. The Morgan fingerprint density at radius 1 is 1.35 bits per heavy atom. The molecule has 1 aliphatic rings. The summed E-state index contributed by atoms with van der Waals surface area (Å²) in [6, 6.07) is 8.47. The topological polar surface area (TPSA) is 96.0 Å². The number of hydrogen-bond donors (Lipinski definition) is 2. The van der Waals surface area contributed by atoms with Crippen LogP contribution in [0.25, 0.3) is 0 Å². The first-order chi connectivity index (χ1) is 9.54. The molecule has 6 nitrogen and oxygen atoms in total. The van der Waals surface area contributed by atoms with Gasteiger partial charge in [0, 0.05) is 6.54 Å². The number of benzene rings is 1. The van der Waals surface area contributed by atoms with Crippen LogP contribution in [0.15, 0.2) is 35.5 Å². The van der Waals surface area contributed by atoms with Crippen molar-refractivity contribution in [2.24, 2.45) is 10.9 Å². The second-order valence-electron chi connectivity index (χ2n) is 4.89. The van der Waals surface area contributed by atoms with Gasteiger partial charge >= 0.3 is 0 Å². The lowest BCUT2D eigenvalue weighted by atomic mass is 10.0. The average Bonchev–Trinajstić information content (AvgIpc) is 2.47. The fraction of sp³-hybridized carbons (Fsp3) is 0.462. The largest absolute Gasteiger partial charge is 0.409 e. The summed E-state index contributed by atoms with van der Waals surface area (Å²) in [5, 5.41) is 11.8. The number of amidine groups is 1. The Morgan fingerprint density at radius 3 is 2.70 bits per heavy atom. The first-order valence-electron chi connectivity index (χ1n) is 6.55. The van der Waals surface area contributed by atoms with Crippen LogP contribution in [0.3, 0.4) is 0 Å². The van der Waals surface area contributed by atoms with Gasteiger partial charge in [-0.1, -0.05) is 41.9 Å². The molecule has 1 fully saturated rings. The first kappa shape index (κ1) is 14.8. The minimum absolute atomic E-state index is 0.0404. The van der Waals surface area contributed by atoms with Gasteiger partial charge in [-0.25, -0.2) is 8.42 Å². The summed E-state index contributed by atoms with van der Waals surface area (Å²) < 4.78 is 26.4. The van der Waals surface area contributed by atoms with Crippen molar-refractivity contribution in [2.45, 2.75) is 31.1 Å². The van der Waals surface area contributed by atoms with Gasteiger partial charge in [-0.15, -0.1) is 0 Å². The van der Waals surface area contributed by atoms with Gasteiger partial charge in [0.2, 0.25) is 10.0 Å². The molecule has 1 atom stereocenters. The van der Waals surface area contributed by atoms with Crippen LogP contribution in [0.4, 0.5) is 0 Å². The number of nitrogens with two attached hydrogens (primary N) is 1. The van der Waals surface area contributed by atoms with Gasteiger partial charge in [0.15, 0.2) is 5.84 Å². The van der Waals surface area contributed by atoms with E-state index in [1.54, 1.807) is 12.1 Å². The van der Waals surface area contributed by atoms with Crippen molar-refractivity contribution in [1.82, 2.24) is 4.31 Å². The zero-order chi connectivity index (χ0) is 14.6. The summed E-state index contributed by atoms with van der Waals surface area (Å²) in [5.74, 6) is -0.107. The van der Waals surface area contributed by atoms with Crippen LogP contribution >= 0.6 is 0 Å². The van der Waals surface area contributed by atoms with E-state index < -0.39 is 16.1 Å². The molecule has 3 N–H and O–H groups in total. The Hall–Kier alpha value is -1.60. The zero-order valence-electron chi connectivity index (χ0n) is 11.1. The van der Waals surface area contributed by atoms with Gasteiger partial charge in [0.05, 0.1) is 11.8 Å². The molecule has 1 saturated heterocycles. The quantitative estimate of drug-likeness (QED) is 0.377. The normalized spacial score (nSPS) is 21.8. The van der Waals surface area contributed by atoms with E-state index in [0.717, 1.165) is 18.4 Å². The lowest BCUT2D eigenvalue weighted by molar-refractivity contribution is 0.281.